The van der Waals surface area contributed by atoms with Gasteiger partial charge in [-0.2, -0.15) is 18.7 Å². The van der Waals surface area contributed by atoms with Gasteiger partial charge in [0.15, 0.2) is 5.65 Å². The van der Waals surface area contributed by atoms with Gasteiger partial charge in [-0.15, -0.1) is 0 Å². The average molecular weight is 437 g/mol. The number of nitrogens with zero attached hydrogens (tertiary/aromatic N) is 3. The number of hydrogen-bond acceptors (Lipinski definition) is 6. The third-order valence-corrected chi connectivity index (χ3v) is 4.59. The Balaban J connectivity index is 2.05. The quantitative estimate of drug-likeness (QED) is 0.492. The zero-order valence-electron chi connectivity index (χ0n) is 15.8. The molecule has 11 heteroatoms. The maximum absolute atomic E-state index is 13.3. The maximum Gasteiger partial charge on any atom is 0.387 e. The van der Waals surface area contributed by atoms with E-state index in [4.69, 9.17) is 21.1 Å². The number of hydrogen-bond donors (Lipinski definition) is 1. The Morgan fingerprint density at radius 3 is 2.70 bits per heavy atom. The highest BCUT2D eigenvalue weighted by Crippen LogP contribution is 2.31. The number of methoxy groups -OCH3 is 1. The standard InChI is InChI=1S/C19H15ClF2N4O4/c1-3-29-13-7-5-10-14-15(25-19(24-14)28-2)17(27)26(16(10)23-13)12-6-4-9(8-11(12)20)30-18(21)22/h4-8,18H,3H2,1-2H3,(H,24,25). The van der Waals surface area contributed by atoms with Crippen molar-refractivity contribution >= 4 is 33.7 Å². The van der Waals surface area contributed by atoms with Gasteiger partial charge in [-0.3, -0.25) is 9.36 Å². The molecule has 0 amide bonds. The van der Waals surface area contributed by atoms with Crippen LogP contribution < -0.4 is 19.8 Å². The summed E-state index contributed by atoms with van der Waals surface area (Å²) in [4.78, 5) is 24.8. The van der Waals surface area contributed by atoms with Crippen molar-refractivity contribution in [1.29, 1.82) is 0 Å². The Kier molecular flexibility index (Phi) is 5.17. The third kappa shape index (κ3) is 3.39. The lowest BCUT2D eigenvalue weighted by molar-refractivity contribution is -0.0498. The molecule has 0 radical (unpaired) electrons. The van der Waals surface area contributed by atoms with Crippen molar-refractivity contribution in [2.24, 2.45) is 0 Å². The Hall–Kier alpha value is -3.40. The SMILES string of the molecule is CCOc1ccc2c3nc(OC)[nH]c3c(=O)n(-c3ccc(OC(F)F)cc3Cl)c2n1. The molecule has 1 aromatic carbocycles. The van der Waals surface area contributed by atoms with Gasteiger partial charge in [0.25, 0.3) is 11.6 Å². The van der Waals surface area contributed by atoms with E-state index >= 15 is 0 Å². The molecule has 1 N–H and O–H groups in total. The number of benzene rings is 1. The lowest BCUT2D eigenvalue weighted by Crippen LogP contribution is -2.20. The number of aromatic nitrogens is 4. The lowest BCUT2D eigenvalue weighted by atomic mass is 10.2. The van der Waals surface area contributed by atoms with Crippen LogP contribution in [0.3, 0.4) is 0 Å². The molecule has 156 valence electrons. The van der Waals surface area contributed by atoms with Crippen molar-refractivity contribution in [2.75, 3.05) is 13.7 Å². The molecule has 3 heterocycles. The van der Waals surface area contributed by atoms with Gasteiger partial charge in [-0.25, -0.2) is 0 Å². The van der Waals surface area contributed by atoms with Crippen LogP contribution in [0.15, 0.2) is 35.1 Å². The van der Waals surface area contributed by atoms with Crippen molar-refractivity contribution in [3.8, 4) is 23.3 Å². The number of halogens is 3. The fourth-order valence-electron chi connectivity index (χ4n) is 3.09. The Morgan fingerprint density at radius 1 is 1.23 bits per heavy atom. The molecule has 4 aromatic rings. The minimum Gasteiger partial charge on any atom is -0.478 e. The molecule has 0 bridgehead atoms. The summed E-state index contributed by atoms with van der Waals surface area (Å²) < 4.78 is 41.2. The maximum atomic E-state index is 13.3. The second-order valence-electron chi connectivity index (χ2n) is 6.06. The summed E-state index contributed by atoms with van der Waals surface area (Å²) in [5.74, 6) is 0.164. The van der Waals surface area contributed by atoms with Crippen LogP contribution >= 0.6 is 11.6 Å². The number of ether oxygens (including phenoxy) is 3. The molecule has 30 heavy (non-hydrogen) atoms. The topological polar surface area (TPSA) is 91.3 Å². The smallest absolute Gasteiger partial charge is 0.387 e. The first-order valence-corrected chi connectivity index (χ1v) is 9.17. The minimum absolute atomic E-state index is 0.0194. The van der Waals surface area contributed by atoms with E-state index in [-0.39, 0.29) is 33.6 Å². The first-order chi connectivity index (χ1) is 14.4. The second kappa shape index (κ2) is 7.79. The summed E-state index contributed by atoms with van der Waals surface area (Å²) in [5, 5.41) is 0.558. The minimum atomic E-state index is -3.00. The van der Waals surface area contributed by atoms with E-state index in [1.807, 2.05) is 0 Å². The van der Waals surface area contributed by atoms with Crippen molar-refractivity contribution in [3.63, 3.8) is 0 Å². The van der Waals surface area contributed by atoms with Crippen molar-refractivity contribution in [1.82, 2.24) is 19.5 Å². The molecular formula is C19H15ClF2N4O4. The molecule has 3 aromatic heterocycles. The predicted octanol–water partition coefficient (Wildman–Crippen LogP) is 3.92. The molecule has 0 atom stereocenters. The molecule has 0 aliphatic rings. The van der Waals surface area contributed by atoms with E-state index in [1.165, 1.54) is 29.9 Å². The first-order valence-electron chi connectivity index (χ1n) is 8.80. The van der Waals surface area contributed by atoms with Gasteiger partial charge in [0.05, 0.1) is 24.4 Å². The van der Waals surface area contributed by atoms with Crippen molar-refractivity contribution in [2.45, 2.75) is 13.5 Å². The van der Waals surface area contributed by atoms with E-state index in [0.717, 1.165) is 0 Å². The summed E-state index contributed by atoms with van der Waals surface area (Å²) in [7, 11) is 1.42. The van der Waals surface area contributed by atoms with Crippen LogP contribution in [0.25, 0.3) is 27.8 Å². The van der Waals surface area contributed by atoms with Gasteiger partial charge in [0.2, 0.25) is 5.88 Å². The van der Waals surface area contributed by atoms with E-state index < -0.39 is 12.2 Å². The highest BCUT2D eigenvalue weighted by Gasteiger charge is 2.20. The van der Waals surface area contributed by atoms with Gasteiger partial charge in [0.1, 0.15) is 16.8 Å². The molecule has 0 aliphatic heterocycles. The number of alkyl halides is 2. The van der Waals surface area contributed by atoms with Crippen LogP contribution in [0.5, 0.6) is 17.6 Å². The van der Waals surface area contributed by atoms with Gasteiger partial charge >= 0.3 is 6.61 Å². The summed E-state index contributed by atoms with van der Waals surface area (Å²) in [5.41, 5.74) is 0.502. The summed E-state index contributed by atoms with van der Waals surface area (Å²) in [6, 6.07) is 7.41. The second-order valence-corrected chi connectivity index (χ2v) is 6.46. The van der Waals surface area contributed by atoms with E-state index in [1.54, 1.807) is 19.1 Å². The predicted molar refractivity (Wildman–Crippen MR) is 106 cm³/mol. The van der Waals surface area contributed by atoms with Crippen LogP contribution in [0.1, 0.15) is 6.92 Å². The number of pyridine rings is 2. The monoisotopic (exact) mass is 436 g/mol. The fraction of sp³-hybridized carbons (Fsp3) is 0.211. The average Bonchev–Trinajstić information content (AvgIpc) is 3.14. The van der Waals surface area contributed by atoms with E-state index in [2.05, 4.69) is 19.7 Å². The fourth-order valence-corrected chi connectivity index (χ4v) is 3.34. The third-order valence-electron chi connectivity index (χ3n) is 4.29. The summed E-state index contributed by atoms with van der Waals surface area (Å²) in [6.07, 6.45) is 0. The molecule has 0 spiro atoms. The zero-order chi connectivity index (χ0) is 21.4. The highest BCUT2D eigenvalue weighted by atomic mass is 35.5. The number of rotatable bonds is 6. The van der Waals surface area contributed by atoms with Crippen LogP contribution in [0.4, 0.5) is 8.78 Å². The molecule has 0 saturated carbocycles. The molecule has 0 aliphatic carbocycles. The molecular weight excluding hydrogens is 422 g/mol. The molecule has 0 saturated heterocycles. The van der Waals surface area contributed by atoms with E-state index in [9.17, 15) is 13.6 Å². The Labute approximate surface area is 173 Å². The first kappa shape index (κ1) is 19.9. The lowest BCUT2D eigenvalue weighted by Gasteiger charge is -2.14. The number of aromatic amines is 1. The van der Waals surface area contributed by atoms with Crippen LogP contribution in [0.2, 0.25) is 5.02 Å². The van der Waals surface area contributed by atoms with Gasteiger partial charge in [-0.1, -0.05) is 11.6 Å². The molecule has 0 unspecified atom stereocenters. The van der Waals surface area contributed by atoms with Gasteiger partial charge < -0.3 is 19.2 Å². The summed E-state index contributed by atoms with van der Waals surface area (Å²) in [6.45, 7) is -0.819. The molecule has 8 nitrogen and oxygen atoms in total. The van der Waals surface area contributed by atoms with Crippen LogP contribution in [-0.2, 0) is 0 Å². The van der Waals surface area contributed by atoms with Crippen LogP contribution in [-0.4, -0.2) is 39.8 Å². The Morgan fingerprint density at radius 2 is 2.03 bits per heavy atom. The number of imidazole rings is 1. The number of H-pyrrole nitrogens is 1. The van der Waals surface area contributed by atoms with Crippen molar-refractivity contribution in [3.05, 3.63) is 45.7 Å². The molecule has 4 rings (SSSR count). The normalized spacial score (nSPS) is 11.4. The van der Waals surface area contributed by atoms with E-state index in [0.29, 0.717) is 23.4 Å². The number of nitrogens with one attached hydrogen (secondary N) is 1. The van der Waals surface area contributed by atoms with Gasteiger partial charge in [0, 0.05) is 17.5 Å². The van der Waals surface area contributed by atoms with Crippen LogP contribution in [0, 0.1) is 0 Å². The van der Waals surface area contributed by atoms with Crippen molar-refractivity contribution < 1.29 is 23.0 Å². The summed E-state index contributed by atoms with van der Waals surface area (Å²) >= 11 is 6.31. The highest BCUT2D eigenvalue weighted by molar-refractivity contribution is 6.32. The number of fused-ring (bicyclic) bond motifs is 3. The Bertz CT molecular complexity index is 1310. The zero-order valence-corrected chi connectivity index (χ0v) is 16.5. The largest absolute Gasteiger partial charge is 0.478 e. The van der Waals surface area contributed by atoms with Gasteiger partial charge in [-0.05, 0) is 25.1 Å². The molecule has 0 fully saturated rings.